The molecule has 1 aliphatic rings. The molecule has 0 saturated carbocycles. The Morgan fingerprint density at radius 2 is 1.53 bits per heavy atom. The third kappa shape index (κ3) is 12.3. The molecule has 1 saturated heterocycles. The minimum atomic E-state index is -0.860. The Morgan fingerprint density at radius 1 is 0.848 bits per heavy atom. The number of benzene rings is 4. The molecule has 3 amide bonds. The van der Waals surface area contributed by atoms with Gasteiger partial charge in [0.1, 0.15) is 42.5 Å². The summed E-state index contributed by atoms with van der Waals surface area (Å²) in [6, 6.07) is 28.7. The van der Waals surface area contributed by atoms with E-state index in [1.807, 2.05) is 120 Å². The number of amides is 3. The van der Waals surface area contributed by atoms with Crippen molar-refractivity contribution < 1.29 is 47.6 Å². The Balaban J connectivity index is 0.768. The van der Waals surface area contributed by atoms with Crippen LogP contribution >= 0.6 is 11.3 Å². The topological polar surface area (TPSA) is 171 Å². The Kier molecular flexibility index (Phi) is 16.1. The van der Waals surface area contributed by atoms with Crippen molar-refractivity contribution in [2.45, 2.75) is 65.6 Å². The van der Waals surface area contributed by atoms with Crippen LogP contribution in [-0.4, -0.2) is 97.6 Å². The molecule has 2 aromatic heterocycles. The van der Waals surface area contributed by atoms with E-state index in [9.17, 15) is 19.5 Å². The Bertz CT molecular complexity index is 2540. The standard InChI is InChI=1S/C51H58N4O10S/c1-33(35-13-15-36(16-14-35)45-34(2)52-32-64-45)53-49(58)42-12-9-23-55(42)50(59)48(51(3,4)5)54-44(57)31-62-27-26-60-24-25-61-28-29-63-39-18-20-40(21-19-39)65-46-41-22-17-38(56)30-43(41)66-47(46)37-10-7-6-8-11-37/h6-8,10-11,13-22,30,32-33,42,48,56H,9,12,23-29,31H2,1-5H3,(H,53,58)(H,54,57)/t33-,42-,48?/m0/s1. The first-order valence-electron chi connectivity index (χ1n) is 22.2. The van der Waals surface area contributed by atoms with Gasteiger partial charge in [0.15, 0.2) is 17.9 Å². The van der Waals surface area contributed by atoms with E-state index in [1.54, 1.807) is 28.4 Å². The Morgan fingerprint density at radius 3 is 2.21 bits per heavy atom. The third-order valence-corrected chi connectivity index (χ3v) is 12.4. The minimum absolute atomic E-state index is 0.180. The summed E-state index contributed by atoms with van der Waals surface area (Å²) in [6.07, 6.45) is 2.63. The average molecular weight is 919 g/mol. The number of aromatic nitrogens is 1. The molecule has 3 heterocycles. The van der Waals surface area contributed by atoms with Gasteiger partial charge in [-0.15, -0.1) is 11.3 Å². The van der Waals surface area contributed by atoms with E-state index in [0.717, 1.165) is 43.1 Å². The van der Waals surface area contributed by atoms with Gasteiger partial charge in [0.2, 0.25) is 17.7 Å². The van der Waals surface area contributed by atoms with Crippen molar-refractivity contribution in [3.05, 3.63) is 115 Å². The number of phenolic OH excluding ortho intramolecular Hbond substituents is 1. The quantitative estimate of drug-likeness (QED) is 0.0590. The Hall–Kier alpha value is -6.26. The predicted octanol–water partition coefficient (Wildman–Crippen LogP) is 8.86. The zero-order valence-electron chi connectivity index (χ0n) is 38.0. The number of carbonyl (C=O) groups excluding carboxylic acids is 3. The van der Waals surface area contributed by atoms with Crippen molar-refractivity contribution in [1.82, 2.24) is 20.5 Å². The maximum absolute atomic E-state index is 14.0. The molecule has 348 valence electrons. The van der Waals surface area contributed by atoms with Crippen molar-refractivity contribution in [2.75, 3.05) is 52.8 Å². The number of thiophene rings is 1. The van der Waals surface area contributed by atoms with E-state index in [4.69, 9.17) is 28.1 Å². The fraction of sp³-hybridized carbons (Fsp3) is 0.373. The highest BCUT2D eigenvalue weighted by atomic mass is 32.1. The molecule has 0 radical (unpaired) electrons. The molecule has 0 spiro atoms. The van der Waals surface area contributed by atoms with E-state index in [1.165, 1.54) is 6.39 Å². The lowest BCUT2D eigenvalue weighted by Crippen LogP contribution is -2.58. The molecule has 14 nitrogen and oxygen atoms in total. The molecule has 7 rings (SSSR count). The van der Waals surface area contributed by atoms with Crippen molar-refractivity contribution in [1.29, 1.82) is 0 Å². The lowest BCUT2D eigenvalue weighted by atomic mass is 9.85. The van der Waals surface area contributed by atoms with Gasteiger partial charge in [-0.25, -0.2) is 4.98 Å². The largest absolute Gasteiger partial charge is 0.508 e. The highest BCUT2D eigenvalue weighted by Crippen LogP contribution is 2.47. The first kappa shape index (κ1) is 47.7. The van der Waals surface area contributed by atoms with Gasteiger partial charge in [-0.05, 0) is 85.7 Å². The molecule has 1 unspecified atom stereocenters. The fourth-order valence-corrected chi connectivity index (χ4v) is 8.87. The molecule has 1 aliphatic heterocycles. The number of likely N-dealkylation sites (tertiary alicyclic amines) is 1. The smallest absolute Gasteiger partial charge is 0.246 e. The number of phenols is 1. The normalized spacial score (nSPS) is 14.8. The lowest BCUT2D eigenvalue weighted by molar-refractivity contribution is -0.144. The molecule has 4 aromatic carbocycles. The number of nitrogens with one attached hydrogen (secondary N) is 2. The highest BCUT2D eigenvalue weighted by Gasteiger charge is 2.42. The molecule has 0 bridgehead atoms. The van der Waals surface area contributed by atoms with Gasteiger partial charge in [-0.2, -0.15) is 0 Å². The van der Waals surface area contributed by atoms with E-state index in [2.05, 4.69) is 15.6 Å². The molecular weight excluding hydrogens is 861 g/mol. The van der Waals surface area contributed by atoms with Crippen LogP contribution in [0.15, 0.2) is 108 Å². The van der Waals surface area contributed by atoms with E-state index < -0.39 is 23.4 Å². The van der Waals surface area contributed by atoms with Gasteiger partial charge < -0.3 is 48.7 Å². The zero-order valence-corrected chi connectivity index (χ0v) is 38.9. The van der Waals surface area contributed by atoms with Gasteiger partial charge in [0.05, 0.1) is 49.6 Å². The van der Waals surface area contributed by atoms with Crippen LogP contribution in [0.5, 0.6) is 23.0 Å². The SMILES string of the molecule is Cc1ncoc1-c1ccc([C@H](C)NC(=O)[C@@H]2CCCN2C(=O)C(NC(=O)COCCOCCOCCOc2ccc(Oc3c(-c4ccccc4)sc4cc(O)ccc34)cc2)C(C)(C)C)cc1. The van der Waals surface area contributed by atoms with Crippen LogP contribution < -0.4 is 20.1 Å². The maximum atomic E-state index is 14.0. The summed E-state index contributed by atoms with van der Waals surface area (Å²) in [6.45, 7) is 11.5. The number of ether oxygens (including phenoxy) is 5. The first-order chi connectivity index (χ1) is 31.9. The summed E-state index contributed by atoms with van der Waals surface area (Å²) in [7, 11) is 0. The van der Waals surface area contributed by atoms with Crippen LogP contribution in [0.3, 0.4) is 0 Å². The number of rotatable bonds is 21. The number of aryl methyl sites for hydroxylation is 1. The van der Waals surface area contributed by atoms with Gasteiger partial charge >= 0.3 is 0 Å². The molecule has 15 heteroatoms. The van der Waals surface area contributed by atoms with Gasteiger partial charge in [0.25, 0.3) is 0 Å². The molecule has 3 N–H and O–H groups in total. The van der Waals surface area contributed by atoms with Gasteiger partial charge in [-0.1, -0.05) is 75.4 Å². The average Bonchev–Trinajstić information content (AvgIpc) is 4.07. The number of carbonyl (C=O) groups is 3. The van der Waals surface area contributed by atoms with Crippen LogP contribution in [0.2, 0.25) is 0 Å². The third-order valence-electron chi connectivity index (χ3n) is 11.2. The molecule has 66 heavy (non-hydrogen) atoms. The summed E-state index contributed by atoms with van der Waals surface area (Å²) in [5.41, 5.74) is 3.03. The van der Waals surface area contributed by atoms with E-state index >= 15 is 0 Å². The van der Waals surface area contributed by atoms with Crippen LogP contribution in [-0.2, 0) is 28.6 Å². The summed E-state index contributed by atoms with van der Waals surface area (Å²) < 4.78 is 35.5. The summed E-state index contributed by atoms with van der Waals surface area (Å²) in [5, 5.41) is 16.9. The monoisotopic (exact) mass is 918 g/mol. The van der Waals surface area contributed by atoms with Gasteiger partial charge in [0, 0.05) is 22.2 Å². The number of hydrogen-bond donors (Lipinski definition) is 3. The summed E-state index contributed by atoms with van der Waals surface area (Å²) >= 11 is 1.57. The Labute approximate surface area is 389 Å². The molecule has 0 aliphatic carbocycles. The minimum Gasteiger partial charge on any atom is -0.508 e. The lowest BCUT2D eigenvalue weighted by Gasteiger charge is -2.35. The first-order valence-corrected chi connectivity index (χ1v) is 23.0. The van der Waals surface area contributed by atoms with Crippen LogP contribution in [0.25, 0.3) is 31.9 Å². The second kappa shape index (κ2) is 22.3. The summed E-state index contributed by atoms with van der Waals surface area (Å²) in [4.78, 5) is 47.3. The number of hydrogen-bond acceptors (Lipinski definition) is 12. The predicted molar refractivity (Wildman–Crippen MR) is 253 cm³/mol. The number of aromatic hydroxyl groups is 1. The van der Waals surface area contributed by atoms with Crippen molar-refractivity contribution in [2.24, 2.45) is 5.41 Å². The van der Waals surface area contributed by atoms with E-state index in [-0.39, 0.29) is 43.4 Å². The molecule has 1 fully saturated rings. The van der Waals surface area contributed by atoms with Crippen LogP contribution in [0, 0.1) is 12.3 Å². The molecule has 6 aromatic rings. The number of fused-ring (bicyclic) bond motifs is 1. The summed E-state index contributed by atoms with van der Waals surface area (Å²) in [5.74, 6) is 2.03. The van der Waals surface area contributed by atoms with E-state index in [0.29, 0.717) is 63.1 Å². The molecule has 3 atom stereocenters. The number of oxazole rings is 1. The van der Waals surface area contributed by atoms with Crippen LogP contribution in [0.4, 0.5) is 0 Å². The second-order valence-electron chi connectivity index (χ2n) is 17.2. The second-order valence-corrected chi connectivity index (χ2v) is 18.2. The van der Waals surface area contributed by atoms with Crippen molar-refractivity contribution >= 4 is 39.1 Å². The van der Waals surface area contributed by atoms with Crippen molar-refractivity contribution in [3.8, 4) is 44.8 Å². The molecular formula is C51H58N4O10S. The highest BCUT2D eigenvalue weighted by molar-refractivity contribution is 7.22. The fourth-order valence-electron chi connectivity index (χ4n) is 7.70. The maximum Gasteiger partial charge on any atom is 0.246 e. The van der Waals surface area contributed by atoms with Crippen molar-refractivity contribution in [3.63, 3.8) is 0 Å². The van der Waals surface area contributed by atoms with Gasteiger partial charge in [-0.3, -0.25) is 14.4 Å². The zero-order chi connectivity index (χ0) is 46.6. The van der Waals surface area contributed by atoms with Crippen LogP contribution in [0.1, 0.15) is 57.8 Å². The number of nitrogens with zero attached hydrogens (tertiary/aromatic N) is 2.